The molecule has 0 spiro atoms. The number of hydrogen-bond acceptors (Lipinski definition) is 7. The van der Waals surface area contributed by atoms with Crippen molar-refractivity contribution < 1.29 is 17.6 Å². The van der Waals surface area contributed by atoms with Crippen LogP contribution in [0.5, 0.6) is 0 Å². The average molecular weight is 545 g/mol. The number of anilines is 2. The molecule has 0 saturated heterocycles. The number of nitrogen functional groups attached to an aromatic ring is 1. The summed E-state index contributed by atoms with van der Waals surface area (Å²) in [5, 5.41) is 5.86. The van der Waals surface area contributed by atoms with Crippen molar-refractivity contribution in [2.24, 2.45) is 7.05 Å². The topological polar surface area (TPSA) is 124 Å². The second-order valence-electron chi connectivity index (χ2n) is 9.94. The Morgan fingerprint density at radius 2 is 1.90 bits per heavy atom. The minimum Gasteiger partial charge on any atom is -0.383 e. The summed E-state index contributed by atoms with van der Waals surface area (Å²) in [6.07, 6.45) is 7.94. The normalized spacial score (nSPS) is 13.7. The highest BCUT2D eigenvalue weighted by Crippen LogP contribution is 2.40. The Kier molecular flexibility index (Phi) is 5.83. The van der Waals surface area contributed by atoms with Crippen LogP contribution >= 0.6 is 0 Å². The van der Waals surface area contributed by atoms with Crippen LogP contribution in [0.3, 0.4) is 0 Å². The van der Waals surface area contributed by atoms with Crippen LogP contribution in [0, 0.1) is 5.82 Å². The van der Waals surface area contributed by atoms with Crippen LogP contribution in [-0.2, 0) is 23.4 Å². The van der Waals surface area contributed by atoms with E-state index < -0.39 is 21.6 Å². The number of sulfone groups is 1. The summed E-state index contributed by atoms with van der Waals surface area (Å²) < 4.78 is 41.2. The first-order valence-electron chi connectivity index (χ1n) is 12.4. The third-order valence-electron chi connectivity index (χ3n) is 7.03. The fourth-order valence-corrected chi connectivity index (χ4v) is 5.81. The predicted octanol–water partition coefficient (Wildman–Crippen LogP) is 4.37. The SMILES string of the molecule is Cn1ncc2c(N)nc3cc(CN(C(=O)c4cncc(C5CC5)c4)c4ccc(F)cc4S(C)(=O)=O)ccc3c21. The number of carbonyl (C=O) groups is 1. The van der Waals surface area contributed by atoms with Crippen molar-refractivity contribution in [3.63, 3.8) is 0 Å². The molecular formula is C28H25FN6O3S. The number of aromatic nitrogens is 4. The molecule has 0 aliphatic heterocycles. The number of nitrogens with zero attached hydrogens (tertiary/aromatic N) is 5. The minimum atomic E-state index is -3.87. The molecule has 5 aromatic rings. The molecule has 9 nitrogen and oxygen atoms in total. The van der Waals surface area contributed by atoms with Gasteiger partial charge in [-0.1, -0.05) is 12.1 Å². The van der Waals surface area contributed by atoms with E-state index >= 15 is 0 Å². The number of hydrogen-bond donors (Lipinski definition) is 1. The van der Waals surface area contributed by atoms with E-state index in [1.165, 1.54) is 17.2 Å². The highest BCUT2D eigenvalue weighted by atomic mass is 32.2. The van der Waals surface area contributed by atoms with Crippen molar-refractivity contribution in [2.45, 2.75) is 30.2 Å². The number of benzene rings is 2. The monoisotopic (exact) mass is 544 g/mol. The van der Waals surface area contributed by atoms with Gasteiger partial charge in [-0.3, -0.25) is 14.5 Å². The van der Waals surface area contributed by atoms with Crippen molar-refractivity contribution in [1.82, 2.24) is 19.7 Å². The summed E-state index contributed by atoms with van der Waals surface area (Å²) in [4.78, 5) is 23.8. The third-order valence-corrected chi connectivity index (χ3v) is 8.15. The molecule has 1 amide bonds. The maximum atomic E-state index is 14.2. The molecule has 0 radical (unpaired) electrons. The van der Waals surface area contributed by atoms with E-state index in [1.54, 1.807) is 29.2 Å². The van der Waals surface area contributed by atoms with Gasteiger partial charge < -0.3 is 10.6 Å². The molecule has 1 fully saturated rings. The van der Waals surface area contributed by atoms with Gasteiger partial charge in [-0.05, 0) is 60.2 Å². The fraction of sp³-hybridized carbons (Fsp3) is 0.214. The maximum Gasteiger partial charge on any atom is 0.260 e. The Balaban J connectivity index is 1.48. The minimum absolute atomic E-state index is 0.00158. The molecule has 1 aliphatic carbocycles. The summed E-state index contributed by atoms with van der Waals surface area (Å²) in [5.74, 6) is -0.459. The van der Waals surface area contributed by atoms with Gasteiger partial charge in [0.15, 0.2) is 9.84 Å². The number of halogens is 1. The van der Waals surface area contributed by atoms with Gasteiger partial charge in [0.05, 0.1) is 45.3 Å². The van der Waals surface area contributed by atoms with Crippen molar-refractivity contribution in [2.75, 3.05) is 16.9 Å². The Hall–Kier alpha value is -4.38. The second kappa shape index (κ2) is 9.12. The molecule has 2 aromatic carbocycles. The standard InChI is InChI=1S/C28H25FN6O3S/c1-34-26-21-7-3-16(9-23(21)33-27(30)22(26)14-32-34)15-35(24-8-6-20(29)11-25(24)39(2,37)38)28(36)19-10-18(12-31-13-19)17-4-5-17/h3,6-14,17H,4-5,15H2,1-2H3,(H2,30,33). The zero-order chi connectivity index (χ0) is 27.5. The van der Waals surface area contributed by atoms with E-state index in [4.69, 9.17) is 5.73 Å². The number of fused-ring (bicyclic) bond motifs is 3. The maximum absolute atomic E-state index is 14.2. The van der Waals surface area contributed by atoms with Crippen molar-refractivity contribution in [1.29, 1.82) is 0 Å². The van der Waals surface area contributed by atoms with E-state index in [0.29, 0.717) is 28.4 Å². The molecule has 0 unspecified atom stereocenters. The molecule has 0 bridgehead atoms. The lowest BCUT2D eigenvalue weighted by Crippen LogP contribution is -2.32. The first kappa shape index (κ1) is 24.9. The van der Waals surface area contributed by atoms with Crippen LogP contribution < -0.4 is 10.6 Å². The van der Waals surface area contributed by atoms with Crippen LogP contribution in [0.4, 0.5) is 15.9 Å². The molecule has 3 heterocycles. The smallest absolute Gasteiger partial charge is 0.260 e. The molecule has 1 saturated carbocycles. The van der Waals surface area contributed by atoms with Crippen LogP contribution in [0.25, 0.3) is 21.8 Å². The molecule has 2 N–H and O–H groups in total. The number of rotatable bonds is 6. The Morgan fingerprint density at radius 1 is 1.10 bits per heavy atom. The fourth-order valence-electron chi connectivity index (χ4n) is 4.93. The van der Waals surface area contributed by atoms with Crippen molar-refractivity contribution >= 4 is 49.1 Å². The third kappa shape index (κ3) is 4.59. The number of nitrogens with two attached hydrogens (primary N) is 1. The molecule has 6 rings (SSSR count). The van der Waals surface area contributed by atoms with Gasteiger partial charge in [0.1, 0.15) is 11.6 Å². The van der Waals surface area contributed by atoms with Gasteiger partial charge in [0.2, 0.25) is 0 Å². The van der Waals surface area contributed by atoms with Crippen LogP contribution in [0.1, 0.15) is 40.2 Å². The molecule has 39 heavy (non-hydrogen) atoms. The van der Waals surface area contributed by atoms with Gasteiger partial charge in [-0.25, -0.2) is 17.8 Å². The summed E-state index contributed by atoms with van der Waals surface area (Å²) in [5.41, 5.74) is 9.67. The Morgan fingerprint density at radius 3 is 2.64 bits per heavy atom. The predicted molar refractivity (Wildman–Crippen MR) is 147 cm³/mol. The second-order valence-corrected chi connectivity index (χ2v) is 11.9. The first-order valence-corrected chi connectivity index (χ1v) is 14.3. The summed E-state index contributed by atoms with van der Waals surface area (Å²) >= 11 is 0. The molecule has 11 heteroatoms. The lowest BCUT2D eigenvalue weighted by Gasteiger charge is -2.25. The quantitative estimate of drug-likeness (QED) is 0.337. The molecule has 3 aromatic heterocycles. The largest absolute Gasteiger partial charge is 0.383 e. The van der Waals surface area contributed by atoms with E-state index in [0.717, 1.165) is 53.1 Å². The van der Waals surface area contributed by atoms with Gasteiger partial charge in [0, 0.05) is 31.1 Å². The molecule has 198 valence electrons. The highest BCUT2D eigenvalue weighted by molar-refractivity contribution is 7.90. The molecular weight excluding hydrogens is 519 g/mol. The van der Waals surface area contributed by atoms with E-state index in [9.17, 15) is 17.6 Å². The summed E-state index contributed by atoms with van der Waals surface area (Å²) in [6.45, 7) is 0.00158. The Labute approximate surface area is 224 Å². The number of amides is 1. The lowest BCUT2D eigenvalue weighted by molar-refractivity contribution is 0.0984. The van der Waals surface area contributed by atoms with E-state index in [-0.39, 0.29) is 17.1 Å². The number of aryl methyl sites for hydroxylation is 1. The van der Waals surface area contributed by atoms with Crippen LogP contribution in [-0.4, -0.2) is 40.3 Å². The van der Waals surface area contributed by atoms with E-state index in [1.807, 2.05) is 19.2 Å². The lowest BCUT2D eigenvalue weighted by atomic mass is 10.1. The summed E-state index contributed by atoms with van der Waals surface area (Å²) in [6, 6.07) is 10.7. The van der Waals surface area contributed by atoms with Crippen molar-refractivity contribution in [3.05, 3.63) is 83.6 Å². The van der Waals surface area contributed by atoms with Gasteiger partial charge in [0.25, 0.3) is 5.91 Å². The number of pyridine rings is 2. The first-order chi connectivity index (χ1) is 18.6. The van der Waals surface area contributed by atoms with Crippen LogP contribution in [0.2, 0.25) is 0 Å². The molecule has 0 atom stereocenters. The zero-order valence-corrected chi connectivity index (χ0v) is 22.1. The van der Waals surface area contributed by atoms with Crippen LogP contribution in [0.15, 0.2) is 66.0 Å². The average Bonchev–Trinajstić information content (AvgIpc) is 3.68. The Bertz CT molecular complexity index is 1900. The highest BCUT2D eigenvalue weighted by Gasteiger charge is 2.28. The van der Waals surface area contributed by atoms with Crippen molar-refractivity contribution in [3.8, 4) is 0 Å². The van der Waals surface area contributed by atoms with Gasteiger partial charge in [-0.15, -0.1) is 0 Å². The van der Waals surface area contributed by atoms with E-state index in [2.05, 4.69) is 15.1 Å². The number of carbonyl (C=O) groups excluding carboxylic acids is 1. The zero-order valence-electron chi connectivity index (χ0n) is 21.3. The summed E-state index contributed by atoms with van der Waals surface area (Å²) in [7, 11) is -2.05. The van der Waals surface area contributed by atoms with Gasteiger partial charge in [-0.2, -0.15) is 5.10 Å². The molecule has 1 aliphatic rings. The van der Waals surface area contributed by atoms with Gasteiger partial charge >= 0.3 is 0 Å².